The monoisotopic (exact) mass is 348 g/mol. The van der Waals surface area contributed by atoms with Crippen LogP contribution in [0.4, 0.5) is 11.5 Å². The maximum Gasteiger partial charge on any atom is 0.256 e. The quantitative estimate of drug-likeness (QED) is 0.739. The zero-order valence-electron chi connectivity index (χ0n) is 14.0. The molecule has 2 heterocycles. The molecule has 2 N–H and O–H groups in total. The first-order valence-electron chi connectivity index (χ1n) is 7.78. The lowest BCUT2D eigenvalue weighted by Crippen LogP contribution is -2.14. The number of hydrogen-bond acceptors (Lipinski definition) is 5. The molecule has 0 aliphatic carbocycles. The summed E-state index contributed by atoms with van der Waals surface area (Å²) in [4.78, 5) is 32.3. The summed E-state index contributed by atoms with van der Waals surface area (Å²) in [6.45, 7) is 0. The van der Waals surface area contributed by atoms with E-state index in [0.717, 1.165) is 0 Å². The van der Waals surface area contributed by atoms with Gasteiger partial charge in [0.25, 0.3) is 11.8 Å². The number of nitrogens with one attached hydrogen (secondary N) is 2. The van der Waals surface area contributed by atoms with E-state index in [-0.39, 0.29) is 11.8 Å². The summed E-state index contributed by atoms with van der Waals surface area (Å²) in [5, 5.41) is 5.42. The molecular formula is C19H16N4O3. The average Bonchev–Trinajstić information content (AvgIpc) is 2.70. The minimum Gasteiger partial charge on any atom is -0.497 e. The molecule has 7 nitrogen and oxygen atoms in total. The van der Waals surface area contributed by atoms with Crippen molar-refractivity contribution >= 4 is 23.3 Å². The van der Waals surface area contributed by atoms with Crippen LogP contribution in [0.15, 0.2) is 67.1 Å². The van der Waals surface area contributed by atoms with E-state index in [1.807, 2.05) is 0 Å². The van der Waals surface area contributed by atoms with Crippen LogP contribution in [0.3, 0.4) is 0 Å². The van der Waals surface area contributed by atoms with Crippen LogP contribution in [0.1, 0.15) is 20.7 Å². The van der Waals surface area contributed by atoms with Crippen LogP contribution >= 0.6 is 0 Å². The van der Waals surface area contributed by atoms with Crippen molar-refractivity contribution in [2.24, 2.45) is 0 Å². The number of carbonyl (C=O) groups excluding carboxylic acids is 2. The van der Waals surface area contributed by atoms with Crippen LogP contribution in [-0.4, -0.2) is 28.9 Å². The molecule has 0 atom stereocenters. The summed E-state index contributed by atoms with van der Waals surface area (Å²) in [6.07, 6.45) is 4.57. The van der Waals surface area contributed by atoms with Crippen LogP contribution in [0, 0.1) is 0 Å². The molecule has 2 aromatic heterocycles. The molecular weight excluding hydrogens is 332 g/mol. The van der Waals surface area contributed by atoms with Gasteiger partial charge < -0.3 is 15.4 Å². The van der Waals surface area contributed by atoms with E-state index in [2.05, 4.69) is 20.6 Å². The maximum absolute atomic E-state index is 12.2. The van der Waals surface area contributed by atoms with E-state index < -0.39 is 0 Å². The first-order chi connectivity index (χ1) is 12.7. The SMILES string of the molecule is COc1ccc(C(=O)Nc2ccc(NC(=O)c3ccncc3)cn2)cc1. The van der Waals surface area contributed by atoms with E-state index >= 15 is 0 Å². The molecule has 0 unspecified atom stereocenters. The molecule has 3 aromatic rings. The number of ether oxygens (including phenoxy) is 1. The average molecular weight is 348 g/mol. The largest absolute Gasteiger partial charge is 0.497 e. The lowest BCUT2D eigenvalue weighted by Gasteiger charge is -2.07. The van der Waals surface area contributed by atoms with Crippen LogP contribution in [0.25, 0.3) is 0 Å². The van der Waals surface area contributed by atoms with E-state index in [1.165, 1.54) is 6.20 Å². The summed E-state index contributed by atoms with van der Waals surface area (Å²) < 4.78 is 5.06. The van der Waals surface area contributed by atoms with Gasteiger partial charge in [-0.2, -0.15) is 0 Å². The fourth-order valence-corrected chi connectivity index (χ4v) is 2.18. The van der Waals surface area contributed by atoms with E-state index in [1.54, 1.807) is 68.0 Å². The lowest BCUT2D eigenvalue weighted by molar-refractivity contribution is 0.101. The third-order valence-electron chi connectivity index (χ3n) is 3.56. The third-order valence-corrected chi connectivity index (χ3v) is 3.56. The number of benzene rings is 1. The maximum atomic E-state index is 12.2. The van der Waals surface area contributed by atoms with E-state index in [9.17, 15) is 9.59 Å². The molecule has 0 aliphatic heterocycles. The standard InChI is InChI=1S/C19H16N4O3/c1-26-16-5-2-13(3-6-16)19(25)23-17-7-4-15(12-21-17)22-18(24)14-8-10-20-11-9-14/h2-12H,1H3,(H,22,24)(H,21,23,25). The summed E-state index contributed by atoms with van der Waals surface area (Å²) >= 11 is 0. The van der Waals surface area contributed by atoms with Gasteiger partial charge in [0.05, 0.1) is 19.0 Å². The van der Waals surface area contributed by atoms with Gasteiger partial charge in [0.1, 0.15) is 11.6 Å². The van der Waals surface area contributed by atoms with Crippen molar-refractivity contribution in [3.05, 3.63) is 78.2 Å². The third kappa shape index (κ3) is 4.21. The number of pyridine rings is 2. The molecule has 26 heavy (non-hydrogen) atoms. The van der Waals surface area contributed by atoms with Crippen molar-refractivity contribution < 1.29 is 14.3 Å². The second kappa shape index (κ2) is 7.89. The number of rotatable bonds is 5. The van der Waals surface area contributed by atoms with E-state index in [4.69, 9.17) is 4.74 Å². The van der Waals surface area contributed by atoms with Crippen LogP contribution in [0.2, 0.25) is 0 Å². The number of hydrogen-bond donors (Lipinski definition) is 2. The van der Waals surface area contributed by atoms with Crippen molar-refractivity contribution in [3.8, 4) is 5.75 Å². The summed E-state index contributed by atoms with van der Waals surface area (Å²) in [6, 6.07) is 13.3. The highest BCUT2D eigenvalue weighted by Crippen LogP contribution is 2.14. The molecule has 0 bridgehead atoms. The number of methoxy groups -OCH3 is 1. The zero-order chi connectivity index (χ0) is 18.4. The predicted octanol–water partition coefficient (Wildman–Crippen LogP) is 2.99. The van der Waals surface area contributed by atoms with Crippen molar-refractivity contribution in [1.82, 2.24) is 9.97 Å². The number of amides is 2. The van der Waals surface area contributed by atoms with Gasteiger partial charge in [-0.3, -0.25) is 14.6 Å². The molecule has 0 fully saturated rings. The van der Waals surface area contributed by atoms with Crippen molar-refractivity contribution in [1.29, 1.82) is 0 Å². The molecule has 2 amide bonds. The van der Waals surface area contributed by atoms with Gasteiger partial charge in [-0.25, -0.2) is 4.98 Å². The topological polar surface area (TPSA) is 93.2 Å². The molecule has 130 valence electrons. The minimum absolute atomic E-state index is 0.260. The summed E-state index contributed by atoms with van der Waals surface area (Å²) in [5.74, 6) is 0.514. The van der Waals surface area contributed by atoms with Crippen LogP contribution in [-0.2, 0) is 0 Å². The van der Waals surface area contributed by atoms with Gasteiger partial charge in [-0.15, -0.1) is 0 Å². The number of carbonyl (C=O) groups is 2. The molecule has 0 radical (unpaired) electrons. The molecule has 0 spiro atoms. The summed E-state index contributed by atoms with van der Waals surface area (Å²) in [7, 11) is 1.56. The van der Waals surface area contributed by atoms with Gasteiger partial charge in [0.2, 0.25) is 0 Å². The molecule has 0 saturated carbocycles. The Hall–Kier alpha value is -3.74. The highest BCUT2D eigenvalue weighted by Gasteiger charge is 2.08. The van der Waals surface area contributed by atoms with Gasteiger partial charge in [-0.05, 0) is 48.5 Å². The van der Waals surface area contributed by atoms with Gasteiger partial charge in [0.15, 0.2) is 0 Å². The molecule has 1 aromatic carbocycles. The number of aromatic nitrogens is 2. The van der Waals surface area contributed by atoms with E-state index in [0.29, 0.717) is 28.4 Å². The molecule has 3 rings (SSSR count). The van der Waals surface area contributed by atoms with Crippen LogP contribution < -0.4 is 15.4 Å². The van der Waals surface area contributed by atoms with Gasteiger partial charge in [0, 0.05) is 23.5 Å². The summed E-state index contributed by atoms with van der Waals surface area (Å²) in [5.41, 5.74) is 1.51. The Bertz CT molecular complexity index is 894. The van der Waals surface area contributed by atoms with Gasteiger partial charge in [-0.1, -0.05) is 0 Å². The zero-order valence-corrected chi connectivity index (χ0v) is 14.0. The fourth-order valence-electron chi connectivity index (χ4n) is 2.18. The molecule has 7 heteroatoms. The normalized spacial score (nSPS) is 10.0. The van der Waals surface area contributed by atoms with Gasteiger partial charge >= 0.3 is 0 Å². The smallest absolute Gasteiger partial charge is 0.256 e. The molecule has 0 aliphatic rings. The first-order valence-corrected chi connectivity index (χ1v) is 7.78. The first kappa shape index (κ1) is 17.1. The minimum atomic E-state index is -0.284. The number of anilines is 2. The Labute approximate surface area is 150 Å². The number of nitrogens with zero attached hydrogens (tertiary/aromatic N) is 2. The van der Waals surface area contributed by atoms with Crippen LogP contribution in [0.5, 0.6) is 5.75 Å². The Morgan fingerprint density at radius 3 is 2.12 bits per heavy atom. The fraction of sp³-hybridized carbons (Fsp3) is 0.0526. The Balaban J connectivity index is 1.62. The Kier molecular flexibility index (Phi) is 5.19. The second-order valence-electron chi connectivity index (χ2n) is 5.30. The second-order valence-corrected chi connectivity index (χ2v) is 5.30. The Morgan fingerprint density at radius 1 is 0.846 bits per heavy atom. The predicted molar refractivity (Wildman–Crippen MR) is 97.4 cm³/mol. The highest BCUT2D eigenvalue weighted by atomic mass is 16.5. The molecule has 0 saturated heterocycles. The lowest BCUT2D eigenvalue weighted by atomic mass is 10.2. The van der Waals surface area contributed by atoms with Crippen molar-refractivity contribution in [2.75, 3.05) is 17.7 Å². The Morgan fingerprint density at radius 2 is 1.50 bits per heavy atom. The highest BCUT2D eigenvalue weighted by molar-refractivity contribution is 6.05. The van der Waals surface area contributed by atoms with Crippen molar-refractivity contribution in [3.63, 3.8) is 0 Å². The van der Waals surface area contributed by atoms with Crippen molar-refractivity contribution in [2.45, 2.75) is 0 Å².